The van der Waals surface area contributed by atoms with E-state index in [1.165, 1.54) is 6.33 Å². The van der Waals surface area contributed by atoms with E-state index < -0.39 is 0 Å². The van der Waals surface area contributed by atoms with Gasteiger partial charge >= 0.3 is 0 Å². The Hall–Kier alpha value is -3.93. The van der Waals surface area contributed by atoms with Crippen LogP contribution in [0.1, 0.15) is 21.5 Å². The summed E-state index contributed by atoms with van der Waals surface area (Å²) < 4.78 is 7.69. The highest BCUT2D eigenvalue weighted by Crippen LogP contribution is 2.23. The van der Waals surface area contributed by atoms with Gasteiger partial charge in [0.25, 0.3) is 5.91 Å². The zero-order valence-electron chi connectivity index (χ0n) is 16.2. The molecule has 1 amide bonds. The summed E-state index contributed by atoms with van der Waals surface area (Å²) in [5.74, 6) is 1.64. The van der Waals surface area contributed by atoms with Crippen LogP contribution in [-0.2, 0) is 0 Å². The lowest BCUT2D eigenvalue weighted by atomic mass is 10.1. The lowest BCUT2D eigenvalue weighted by Gasteiger charge is -2.09. The molecule has 0 aliphatic rings. The fourth-order valence-corrected chi connectivity index (χ4v) is 3.05. The third kappa shape index (κ3) is 4.50. The Morgan fingerprint density at radius 3 is 2.31 bits per heavy atom. The summed E-state index contributed by atoms with van der Waals surface area (Å²) in [7, 11) is 0. The van der Waals surface area contributed by atoms with Crippen molar-refractivity contribution in [3.63, 3.8) is 0 Å². The Morgan fingerprint density at radius 2 is 1.62 bits per heavy atom. The smallest absolute Gasteiger partial charge is 0.255 e. The number of anilines is 1. The standard InChI is InChI=1S/C23H20N4O2/c1-16-11-17(2)13-18(12-16)23(28)26-19-5-7-20(8-6-19)29-22-14-21(24-15-25-22)27-9-3-4-10-27/h3-15H,1-2H3,(H,26,28). The molecule has 0 saturated carbocycles. The van der Waals surface area contributed by atoms with Crippen LogP contribution in [-0.4, -0.2) is 20.4 Å². The van der Waals surface area contributed by atoms with E-state index in [9.17, 15) is 4.79 Å². The molecule has 0 atom stereocenters. The Bertz CT molecular complexity index is 1120. The van der Waals surface area contributed by atoms with Gasteiger partial charge in [0, 0.05) is 29.7 Å². The summed E-state index contributed by atoms with van der Waals surface area (Å²) in [6.45, 7) is 3.95. The van der Waals surface area contributed by atoms with Crippen molar-refractivity contribution in [2.75, 3.05) is 5.32 Å². The average Bonchev–Trinajstić information content (AvgIpc) is 3.24. The van der Waals surface area contributed by atoms with Gasteiger partial charge in [-0.1, -0.05) is 17.2 Å². The van der Waals surface area contributed by atoms with Crippen LogP contribution in [0, 0.1) is 13.8 Å². The van der Waals surface area contributed by atoms with Gasteiger partial charge < -0.3 is 14.6 Å². The molecule has 6 heteroatoms. The molecule has 2 aromatic heterocycles. The van der Waals surface area contributed by atoms with E-state index in [-0.39, 0.29) is 5.91 Å². The van der Waals surface area contributed by atoms with Crippen LogP contribution in [0.2, 0.25) is 0 Å². The second-order valence-corrected chi connectivity index (χ2v) is 6.76. The Kier molecular flexibility index (Phi) is 5.07. The molecule has 2 heterocycles. The van der Waals surface area contributed by atoms with Gasteiger partial charge in [-0.05, 0) is 62.4 Å². The fraction of sp³-hybridized carbons (Fsp3) is 0.0870. The third-order valence-electron chi connectivity index (χ3n) is 4.32. The number of nitrogens with one attached hydrogen (secondary N) is 1. The normalized spacial score (nSPS) is 10.6. The van der Waals surface area contributed by atoms with Crippen LogP contribution in [0.25, 0.3) is 5.82 Å². The first kappa shape index (κ1) is 18.4. The highest BCUT2D eigenvalue weighted by atomic mass is 16.5. The number of benzene rings is 2. The highest BCUT2D eigenvalue weighted by Gasteiger charge is 2.08. The molecule has 0 aliphatic carbocycles. The second kappa shape index (κ2) is 7.98. The van der Waals surface area contributed by atoms with Crippen molar-refractivity contribution in [2.24, 2.45) is 0 Å². The van der Waals surface area contributed by atoms with E-state index in [4.69, 9.17) is 4.74 Å². The molecule has 0 saturated heterocycles. The maximum Gasteiger partial charge on any atom is 0.255 e. The SMILES string of the molecule is Cc1cc(C)cc(C(=O)Nc2ccc(Oc3cc(-n4cccc4)ncn3)cc2)c1. The summed E-state index contributed by atoms with van der Waals surface area (Å²) in [6.07, 6.45) is 5.27. The highest BCUT2D eigenvalue weighted by molar-refractivity contribution is 6.04. The minimum Gasteiger partial charge on any atom is -0.439 e. The van der Waals surface area contributed by atoms with E-state index in [1.807, 2.05) is 61.1 Å². The van der Waals surface area contributed by atoms with Crippen LogP contribution >= 0.6 is 0 Å². The number of carbonyl (C=O) groups excluding carboxylic acids is 1. The Morgan fingerprint density at radius 1 is 0.931 bits per heavy atom. The topological polar surface area (TPSA) is 69.0 Å². The van der Waals surface area contributed by atoms with Crippen molar-refractivity contribution in [3.05, 3.63) is 96.1 Å². The van der Waals surface area contributed by atoms with Gasteiger partial charge in [0.05, 0.1) is 0 Å². The van der Waals surface area contributed by atoms with E-state index in [1.54, 1.807) is 30.3 Å². The number of carbonyl (C=O) groups is 1. The molecule has 0 spiro atoms. The minimum atomic E-state index is -0.141. The van der Waals surface area contributed by atoms with E-state index in [0.717, 1.165) is 16.9 Å². The quantitative estimate of drug-likeness (QED) is 0.530. The molecule has 6 nitrogen and oxygen atoms in total. The number of nitrogens with zero attached hydrogens (tertiary/aromatic N) is 3. The minimum absolute atomic E-state index is 0.141. The molecule has 1 N–H and O–H groups in total. The van der Waals surface area contributed by atoms with E-state index in [0.29, 0.717) is 22.9 Å². The average molecular weight is 384 g/mol. The van der Waals surface area contributed by atoms with E-state index >= 15 is 0 Å². The predicted molar refractivity (Wildman–Crippen MR) is 112 cm³/mol. The molecule has 0 aliphatic heterocycles. The number of rotatable bonds is 5. The Labute approximate surface area is 168 Å². The molecule has 4 rings (SSSR count). The van der Waals surface area contributed by atoms with Crippen LogP contribution in [0.5, 0.6) is 11.6 Å². The maximum atomic E-state index is 12.5. The number of aromatic nitrogens is 3. The lowest BCUT2D eigenvalue weighted by Crippen LogP contribution is -2.12. The van der Waals surface area contributed by atoms with Gasteiger partial charge in [-0.25, -0.2) is 9.97 Å². The van der Waals surface area contributed by atoms with Gasteiger partial charge in [0.2, 0.25) is 5.88 Å². The van der Waals surface area contributed by atoms with Crippen LogP contribution < -0.4 is 10.1 Å². The number of hydrogen-bond donors (Lipinski definition) is 1. The summed E-state index contributed by atoms with van der Waals surface area (Å²) in [6, 6.07) is 18.6. The first-order valence-corrected chi connectivity index (χ1v) is 9.20. The molecule has 4 aromatic rings. The molecule has 2 aromatic carbocycles. The summed E-state index contributed by atoms with van der Waals surface area (Å²) in [5, 5.41) is 2.91. The number of amides is 1. The summed E-state index contributed by atoms with van der Waals surface area (Å²) in [4.78, 5) is 20.9. The van der Waals surface area contributed by atoms with Crippen molar-refractivity contribution in [1.82, 2.24) is 14.5 Å². The maximum absolute atomic E-state index is 12.5. The molecule has 0 bridgehead atoms. The number of aryl methyl sites for hydroxylation is 2. The summed E-state index contributed by atoms with van der Waals surface area (Å²) >= 11 is 0. The molecule has 0 unspecified atom stereocenters. The van der Waals surface area contributed by atoms with Gasteiger partial charge in [0.15, 0.2) is 0 Å². The molecular formula is C23H20N4O2. The van der Waals surface area contributed by atoms with Crippen molar-refractivity contribution in [3.8, 4) is 17.4 Å². The number of ether oxygens (including phenoxy) is 1. The van der Waals surface area contributed by atoms with Gasteiger partial charge in [-0.15, -0.1) is 0 Å². The van der Waals surface area contributed by atoms with Crippen LogP contribution in [0.3, 0.4) is 0 Å². The van der Waals surface area contributed by atoms with Gasteiger partial charge in [0.1, 0.15) is 17.9 Å². The molecule has 0 radical (unpaired) electrons. The van der Waals surface area contributed by atoms with Crippen molar-refractivity contribution >= 4 is 11.6 Å². The van der Waals surface area contributed by atoms with Crippen molar-refractivity contribution < 1.29 is 9.53 Å². The molecule has 144 valence electrons. The first-order valence-electron chi connectivity index (χ1n) is 9.20. The predicted octanol–water partition coefficient (Wildman–Crippen LogP) is 4.93. The Balaban J connectivity index is 1.44. The third-order valence-corrected chi connectivity index (χ3v) is 4.32. The zero-order valence-corrected chi connectivity index (χ0v) is 16.2. The second-order valence-electron chi connectivity index (χ2n) is 6.76. The van der Waals surface area contributed by atoms with Crippen molar-refractivity contribution in [1.29, 1.82) is 0 Å². The zero-order chi connectivity index (χ0) is 20.2. The fourth-order valence-electron chi connectivity index (χ4n) is 3.05. The molecule has 0 fully saturated rings. The number of hydrogen-bond acceptors (Lipinski definition) is 4. The summed E-state index contributed by atoms with van der Waals surface area (Å²) in [5.41, 5.74) is 3.45. The lowest BCUT2D eigenvalue weighted by molar-refractivity contribution is 0.102. The largest absolute Gasteiger partial charge is 0.439 e. The molecule has 29 heavy (non-hydrogen) atoms. The first-order chi connectivity index (χ1) is 14.1. The van der Waals surface area contributed by atoms with Crippen molar-refractivity contribution in [2.45, 2.75) is 13.8 Å². The van der Waals surface area contributed by atoms with E-state index in [2.05, 4.69) is 15.3 Å². The monoisotopic (exact) mass is 384 g/mol. The molecular weight excluding hydrogens is 364 g/mol. The van der Waals surface area contributed by atoms with Gasteiger partial charge in [-0.2, -0.15) is 0 Å². The van der Waals surface area contributed by atoms with Crippen LogP contribution in [0.15, 0.2) is 79.4 Å². The van der Waals surface area contributed by atoms with Gasteiger partial charge in [-0.3, -0.25) is 4.79 Å². The van der Waals surface area contributed by atoms with Crippen LogP contribution in [0.4, 0.5) is 5.69 Å².